The summed E-state index contributed by atoms with van der Waals surface area (Å²) in [4.78, 5) is 25.4. The lowest BCUT2D eigenvalue weighted by molar-refractivity contribution is -0.116. The Kier molecular flexibility index (Phi) is 5.89. The van der Waals surface area contributed by atoms with E-state index in [4.69, 9.17) is 4.74 Å². The molecule has 1 amide bonds. The summed E-state index contributed by atoms with van der Waals surface area (Å²) in [5, 5.41) is 9.26. The zero-order valence-electron chi connectivity index (χ0n) is 15.3. The minimum Gasteiger partial charge on any atom is -0.516 e. The Morgan fingerprint density at radius 2 is 1.91 bits per heavy atom. The van der Waals surface area contributed by atoms with Gasteiger partial charge in [-0.1, -0.05) is 13.8 Å². The smallest absolute Gasteiger partial charge is 0.410 e. The molecule has 132 valence electrons. The zero-order chi connectivity index (χ0) is 17.9. The first kappa shape index (κ1) is 19.5. The standard InChI is InChI=1S/C18H31NO4/c1-14(10-20)9-18(11-17(5,6)13-21)7-8-19(12-18)15(22)23-16(2,3)4/h10,13,20H,7-9,11-12H2,1-6H3/b14-10+. The van der Waals surface area contributed by atoms with Crippen LogP contribution in [0.25, 0.3) is 0 Å². The van der Waals surface area contributed by atoms with E-state index in [2.05, 4.69) is 0 Å². The molecule has 0 radical (unpaired) electrons. The largest absolute Gasteiger partial charge is 0.516 e. The van der Waals surface area contributed by atoms with E-state index < -0.39 is 11.0 Å². The molecule has 1 aliphatic heterocycles. The van der Waals surface area contributed by atoms with Gasteiger partial charge >= 0.3 is 6.09 Å². The molecule has 0 aromatic heterocycles. The van der Waals surface area contributed by atoms with E-state index in [-0.39, 0.29) is 11.5 Å². The summed E-state index contributed by atoms with van der Waals surface area (Å²) in [6.07, 6.45) is 3.92. The number of aldehydes is 1. The fourth-order valence-electron chi connectivity index (χ4n) is 3.41. The lowest BCUT2D eigenvalue weighted by Gasteiger charge is -2.35. The van der Waals surface area contributed by atoms with Crippen molar-refractivity contribution >= 4 is 12.4 Å². The van der Waals surface area contributed by atoms with Gasteiger partial charge < -0.3 is 19.5 Å². The number of nitrogens with zero attached hydrogens (tertiary/aromatic N) is 1. The Balaban J connectivity index is 2.92. The SMILES string of the molecule is C/C(=C\O)CC1(CC(C)(C)C=O)CCN(C(=O)OC(C)(C)C)C1. The number of allylic oxidation sites excluding steroid dienone is 1. The van der Waals surface area contributed by atoms with Gasteiger partial charge in [0.05, 0.1) is 6.26 Å². The molecule has 1 heterocycles. The second-order valence-corrected chi connectivity index (χ2v) is 8.59. The first-order valence-electron chi connectivity index (χ1n) is 8.16. The predicted octanol–water partition coefficient (Wildman–Crippen LogP) is 4.08. The van der Waals surface area contributed by atoms with Gasteiger partial charge in [-0.3, -0.25) is 0 Å². The normalized spacial score (nSPS) is 23.0. The van der Waals surface area contributed by atoms with Crippen molar-refractivity contribution in [2.45, 2.75) is 66.4 Å². The molecule has 23 heavy (non-hydrogen) atoms. The minimum absolute atomic E-state index is 0.204. The lowest BCUT2D eigenvalue weighted by atomic mass is 9.70. The molecule has 0 spiro atoms. The summed E-state index contributed by atoms with van der Waals surface area (Å²) in [6.45, 7) is 12.4. The summed E-state index contributed by atoms with van der Waals surface area (Å²) < 4.78 is 5.46. The van der Waals surface area contributed by atoms with Gasteiger partial charge in [-0.15, -0.1) is 0 Å². The van der Waals surface area contributed by atoms with E-state index in [9.17, 15) is 14.7 Å². The van der Waals surface area contributed by atoms with Crippen LogP contribution in [0.15, 0.2) is 11.8 Å². The quantitative estimate of drug-likeness (QED) is 0.611. The fourth-order valence-corrected chi connectivity index (χ4v) is 3.41. The van der Waals surface area contributed by atoms with Gasteiger partial charge in [-0.25, -0.2) is 4.79 Å². The number of amides is 1. The molecule has 5 heteroatoms. The van der Waals surface area contributed by atoms with E-state index in [1.807, 2.05) is 41.5 Å². The molecule has 0 aromatic rings. The summed E-state index contributed by atoms with van der Waals surface area (Å²) in [6, 6.07) is 0. The number of rotatable bonds is 5. The van der Waals surface area contributed by atoms with Crippen molar-refractivity contribution in [3.8, 4) is 0 Å². The number of carbonyl (C=O) groups excluding carboxylic acids is 2. The topological polar surface area (TPSA) is 66.8 Å². The highest BCUT2D eigenvalue weighted by Crippen LogP contribution is 2.45. The van der Waals surface area contributed by atoms with Crippen molar-refractivity contribution in [1.29, 1.82) is 0 Å². The molecule has 1 unspecified atom stereocenters. The number of hydrogen-bond donors (Lipinski definition) is 1. The molecule has 1 atom stereocenters. The molecule has 1 saturated heterocycles. The number of likely N-dealkylation sites (tertiary alicyclic amines) is 1. The van der Waals surface area contributed by atoms with Crippen LogP contribution in [0.5, 0.6) is 0 Å². The molecule has 5 nitrogen and oxygen atoms in total. The van der Waals surface area contributed by atoms with Crippen LogP contribution < -0.4 is 0 Å². The van der Waals surface area contributed by atoms with E-state index in [1.165, 1.54) is 0 Å². The van der Waals surface area contributed by atoms with Crippen molar-refractivity contribution in [3.05, 3.63) is 11.8 Å². The molecule has 0 aliphatic carbocycles. The maximum atomic E-state index is 12.3. The molecule has 0 bridgehead atoms. The van der Waals surface area contributed by atoms with Gasteiger partial charge in [-0.05, 0) is 57.9 Å². The van der Waals surface area contributed by atoms with Gasteiger partial charge in [0, 0.05) is 18.5 Å². The van der Waals surface area contributed by atoms with Gasteiger partial charge in [0.2, 0.25) is 0 Å². The van der Waals surface area contributed by atoms with Crippen molar-refractivity contribution in [2.75, 3.05) is 13.1 Å². The van der Waals surface area contributed by atoms with Crippen molar-refractivity contribution in [1.82, 2.24) is 4.90 Å². The van der Waals surface area contributed by atoms with Crippen LogP contribution in [-0.4, -0.2) is 41.1 Å². The Hall–Kier alpha value is -1.52. The number of ether oxygens (including phenoxy) is 1. The third-order valence-electron chi connectivity index (χ3n) is 4.11. The first-order chi connectivity index (χ1) is 10.4. The molecular weight excluding hydrogens is 294 g/mol. The average molecular weight is 325 g/mol. The highest BCUT2D eigenvalue weighted by molar-refractivity contribution is 5.68. The summed E-state index contributed by atoms with van der Waals surface area (Å²) in [5.74, 6) is 0. The van der Waals surface area contributed by atoms with Crippen LogP contribution in [0.4, 0.5) is 4.79 Å². The van der Waals surface area contributed by atoms with E-state index in [0.717, 1.165) is 24.5 Å². The highest BCUT2D eigenvalue weighted by atomic mass is 16.6. The van der Waals surface area contributed by atoms with Crippen LogP contribution in [-0.2, 0) is 9.53 Å². The lowest BCUT2D eigenvalue weighted by Crippen LogP contribution is -2.38. The third kappa shape index (κ3) is 5.88. The third-order valence-corrected chi connectivity index (χ3v) is 4.11. The van der Waals surface area contributed by atoms with E-state index >= 15 is 0 Å². The van der Waals surface area contributed by atoms with Crippen molar-refractivity contribution in [3.63, 3.8) is 0 Å². The van der Waals surface area contributed by atoms with E-state index in [0.29, 0.717) is 25.9 Å². The molecule has 0 aromatic carbocycles. The molecule has 1 fully saturated rings. The molecule has 0 saturated carbocycles. The van der Waals surface area contributed by atoms with Gasteiger partial charge in [0.25, 0.3) is 0 Å². The minimum atomic E-state index is -0.523. The monoisotopic (exact) mass is 325 g/mol. The van der Waals surface area contributed by atoms with Gasteiger partial charge in [0.1, 0.15) is 11.9 Å². The van der Waals surface area contributed by atoms with Crippen molar-refractivity contribution < 1.29 is 19.4 Å². The maximum absolute atomic E-state index is 12.3. The second-order valence-electron chi connectivity index (χ2n) is 8.59. The average Bonchev–Trinajstić information content (AvgIpc) is 2.80. The van der Waals surface area contributed by atoms with Gasteiger partial charge in [0.15, 0.2) is 0 Å². The van der Waals surface area contributed by atoms with Crippen LogP contribution >= 0.6 is 0 Å². The maximum Gasteiger partial charge on any atom is 0.410 e. The second kappa shape index (κ2) is 6.93. The first-order valence-corrected chi connectivity index (χ1v) is 8.16. The number of aliphatic hydroxyl groups is 1. The van der Waals surface area contributed by atoms with Crippen molar-refractivity contribution in [2.24, 2.45) is 10.8 Å². The molecule has 1 rings (SSSR count). The van der Waals surface area contributed by atoms with Crippen LogP contribution in [0.1, 0.15) is 60.8 Å². The molecule has 1 N–H and O–H groups in total. The molecule has 1 aliphatic rings. The fraction of sp³-hybridized carbons (Fsp3) is 0.778. The Morgan fingerprint density at radius 3 is 2.39 bits per heavy atom. The van der Waals surface area contributed by atoms with Crippen LogP contribution in [0.2, 0.25) is 0 Å². The summed E-state index contributed by atoms with van der Waals surface area (Å²) in [7, 11) is 0. The van der Waals surface area contributed by atoms with Crippen LogP contribution in [0, 0.1) is 10.8 Å². The number of aliphatic hydroxyl groups excluding tert-OH is 1. The van der Waals surface area contributed by atoms with E-state index in [1.54, 1.807) is 4.90 Å². The number of hydrogen-bond acceptors (Lipinski definition) is 4. The highest BCUT2D eigenvalue weighted by Gasteiger charge is 2.44. The predicted molar refractivity (Wildman–Crippen MR) is 90.3 cm³/mol. The Labute approximate surface area is 139 Å². The summed E-state index contributed by atoms with van der Waals surface area (Å²) in [5.41, 5.74) is -0.326. The Morgan fingerprint density at radius 1 is 1.30 bits per heavy atom. The zero-order valence-corrected chi connectivity index (χ0v) is 15.3. The molecular formula is C18H31NO4. The summed E-state index contributed by atoms with van der Waals surface area (Å²) >= 11 is 0. The van der Waals surface area contributed by atoms with Gasteiger partial charge in [-0.2, -0.15) is 0 Å². The number of carbonyl (C=O) groups is 2. The van der Waals surface area contributed by atoms with Crippen LogP contribution in [0.3, 0.4) is 0 Å². The Bertz CT molecular complexity index is 476.